The molecule has 2 aliphatic heterocycles. The monoisotopic (exact) mass is 506 g/mol. The fraction of sp³-hybridized carbons (Fsp3) is 0.577. The zero-order valence-electron chi connectivity index (χ0n) is 20.7. The van der Waals surface area contributed by atoms with Crippen LogP contribution in [0.15, 0.2) is 36.7 Å². The van der Waals surface area contributed by atoms with Crippen LogP contribution < -0.4 is 4.90 Å². The van der Waals surface area contributed by atoms with Crippen LogP contribution in [0.3, 0.4) is 0 Å². The standard InChI is InChI=1S/C24H32N4O.C2HF3O2/c1-18(2)11-15-28-20-9-5-13-25-22(20)27-14-6-10-21(27)24(28)12-16-26(17-24)23(29)19-7-3-4-8-19;3-2(4,5)1(6)7/h5-6,9-10,13-14,18-19H,3-4,7-8,11-12,15-17H2,1-2H3;(H,6,7). The third-order valence-electron chi connectivity index (χ3n) is 7.46. The number of pyridine rings is 1. The normalized spacial score (nSPS) is 21.4. The van der Waals surface area contributed by atoms with E-state index in [1.54, 1.807) is 0 Å². The molecule has 7 nitrogen and oxygen atoms in total. The van der Waals surface area contributed by atoms with Crippen molar-refractivity contribution in [3.05, 3.63) is 42.4 Å². The summed E-state index contributed by atoms with van der Waals surface area (Å²) in [5, 5.41) is 7.12. The smallest absolute Gasteiger partial charge is 0.475 e. The molecule has 0 aromatic carbocycles. The van der Waals surface area contributed by atoms with Crippen molar-refractivity contribution in [2.24, 2.45) is 11.8 Å². The average Bonchev–Trinajstić information content (AvgIpc) is 3.59. The number of likely N-dealkylation sites (tertiary alicyclic amines) is 1. The van der Waals surface area contributed by atoms with E-state index in [0.717, 1.165) is 51.1 Å². The van der Waals surface area contributed by atoms with Crippen LogP contribution in [0, 0.1) is 11.8 Å². The fourth-order valence-corrected chi connectivity index (χ4v) is 5.66. The Morgan fingerprint density at radius 1 is 1.19 bits per heavy atom. The molecular formula is C26H33F3N4O3. The first-order valence-corrected chi connectivity index (χ1v) is 12.5. The number of carboxylic acid groups (broad SMARTS) is 1. The number of hydrogen-bond donors (Lipinski definition) is 1. The first-order chi connectivity index (χ1) is 17.0. The van der Waals surface area contributed by atoms with Crippen molar-refractivity contribution in [1.82, 2.24) is 14.5 Å². The van der Waals surface area contributed by atoms with Crippen molar-refractivity contribution < 1.29 is 27.9 Å². The molecular weight excluding hydrogens is 473 g/mol. The molecule has 1 N–H and O–H groups in total. The van der Waals surface area contributed by atoms with Crippen LogP contribution in [0.1, 0.15) is 58.1 Å². The second-order valence-corrected chi connectivity index (χ2v) is 10.3. The molecule has 3 aliphatic rings. The van der Waals surface area contributed by atoms with Gasteiger partial charge in [0.25, 0.3) is 0 Å². The number of halogens is 3. The maximum absolute atomic E-state index is 13.2. The van der Waals surface area contributed by atoms with Gasteiger partial charge in [0.1, 0.15) is 5.54 Å². The third-order valence-corrected chi connectivity index (χ3v) is 7.46. The Kier molecular flexibility index (Phi) is 7.33. The highest BCUT2D eigenvalue weighted by atomic mass is 19.4. The topological polar surface area (TPSA) is 78.7 Å². The number of hydrogen-bond acceptors (Lipinski definition) is 4. The molecule has 0 radical (unpaired) electrons. The molecule has 0 bridgehead atoms. The number of aromatic nitrogens is 2. The maximum atomic E-state index is 13.2. The van der Waals surface area contributed by atoms with Crippen molar-refractivity contribution in [3.63, 3.8) is 0 Å². The van der Waals surface area contributed by atoms with Crippen LogP contribution in [0.2, 0.25) is 0 Å². The van der Waals surface area contributed by atoms with E-state index in [1.807, 2.05) is 12.3 Å². The minimum atomic E-state index is -5.08. The number of amides is 1. The summed E-state index contributed by atoms with van der Waals surface area (Å²) < 4.78 is 34.0. The molecule has 10 heteroatoms. The van der Waals surface area contributed by atoms with E-state index >= 15 is 0 Å². The third kappa shape index (κ3) is 4.95. The lowest BCUT2D eigenvalue weighted by Crippen LogP contribution is -2.53. The molecule has 1 atom stereocenters. The lowest BCUT2D eigenvalue weighted by molar-refractivity contribution is -0.192. The molecule has 2 aromatic rings. The molecule has 2 aromatic heterocycles. The van der Waals surface area contributed by atoms with Crippen molar-refractivity contribution >= 4 is 17.6 Å². The predicted octanol–water partition coefficient (Wildman–Crippen LogP) is 4.99. The number of carbonyl (C=O) groups excluding carboxylic acids is 1. The van der Waals surface area contributed by atoms with Gasteiger partial charge in [0.15, 0.2) is 5.82 Å². The molecule has 36 heavy (non-hydrogen) atoms. The Morgan fingerprint density at radius 3 is 2.53 bits per heavy atom. The van der Waals surface area contributed by atoms with Gasteiger partial charge < -0.3 is 19.5 Å². The van der Waals surface area contributed by atoms with Crippen LogP contribution in [0.25, 0.3) is 5.82 Å². The van der Waals surface area contributed by atoms with E-state index in [4.69, 9.17) is 14.9 Å². The molecule has 1 saturated heterocycles. The number of nitrogens with zero attached hydrogens (tertiary/aromatic N) is 4. The van der Waals surface area contributed by atoms with Crippen LogP contribution in [0.5, 0.6) is 0 Å². The number of anilines is 1. The van der Waals surface area contributed by atoms with Crippen molar-refractivity contribution in [3.8, 4) is 5.82 Å². The minimum Gasteiger partial charge on any atom is -0.475 e. The number of aliphatic carboxylic acids is 1. The molecule has 196 valence electrons. The Hall–Kier alpha value is -3.04. The summed E-state index contributed by atoms with van der Waals surface area (Å²) in [4.78, 5) is 31.6. The van der Waals surface area contributed by atoms with Gasteiger partial charge in [0, 0.05) is 37.9 Å². The highest BCUT2D eigenvalue weighted by Gasteiger charge is 2.51. The van der Waals surface area contributed by atoms with Gasteiger partial charge in [-0.3, -0.25) is 4.79 Å². The SMILES string of the molecule is CC(C)CCN1c2cccnc2-n2cccc2C12CCN(C(=O)C1CCCC1)C2.O=C(O)C(F)(F)F. The highest BCUT2D eigenvalue weighted by molar-refractivity contribution is 5.80. The second kappa shape index (κ2) is 10.1. The number of rotatable bonds is 4. The summed E-state index contributed by atoms with van der Waals surface area (Å²) >= 11 is 0. The van der Waals surface area contributed by atoms with Gasteiger partial charge in [0.2, 0.25) is 5.91 Å². The molecule has 1 unspecified atom stereocenters. The first-order valence-electron chi connectivity index (χ1n) is 12.5. The van der Waals surface area contributed by atoms with E-state index < -0.39 is 12.1 Å². The van der Waals surface area contributed by atoms with Crippen LogP contribution in [0.4, 0.5) is 18.9 Å². The van der Waals surface area contributed by atoms with Crippen LogP contribution >= 0.6 is 0 Å². The summed E-state index contributed by atoms with van der Waals surface area (Å²) in [6.45, 7) is 7.21. The largest absolute Gasteiger partial charge is 0.490 e. The Morgan fingerprint density at radius 2 is 1.89 bits per heavy atom. The molecule has 1 spiro atoms. The number of alkyl halides is 3. The summed E-state index contributed by atoms with van der Waals surface area (Å²) in [6.07, 6.45) is 5.60. The lowest BCUT2D eigenvalue weighted by Gasteiger charge is -2.47. The quantitative estimate of drug-likeness (QED) is 0.632. The van der Waals surface area contributed by atoms with Gasteiger partial charge in [-0.25, -0.2) is 9.78 Å². The second-order valence-electron chi connectivity index (χ2n) is 10.3. The number of carbonyl (C=O) groups is 2. The minimum absolute atomic E-state index is 0.150. The van der Waals surface area contributed by atoms with Crippen molar-refractivity contribution in [1.29, 1.82) is 0 Å². The summed E-state index contributed by atoms with van der Waals surface area (Å²) in [7, 11) is 0. The van der Waals surface area contributed by atoms with Crippen LogP contribution in [-0.2, 0) is 15.1 Å². The predicted molar refractivity (Wildman–Crippen MR) is 129 cm³/mol. The van der Waals surface area contributed by atoms with E-state index in [2.05, 4.69) is 52.6 Å². The van der Waals surface area contributed by atoms with E-state index in [1.165, 1.54) is 24.2 Å². The first kappa shape index (κ1) is 26.0. The highest BCUT2D eigenvalue weighted by Crippen LogP contribution is 2.47. The summed E-state index contributed by atoms with van der Waals surface area (Å²) in [5.74, 6) is -0.467. The Bertz CT molecular complexity index is 1090. The van der Waals surface area contributed by atoms with Crippen LogP contribution in [-0.4, -0.2) is 57.2 Å². The lowest BCUT2D eigenvalue weighted by atomic mass is 9.88. The van der Waals surface area contributed by atoms with Gasteiger partial charge in [0.05, 0.1) is 11.4 Å². The van der Waals surface area contributed by atoms with Gasteiger partial charge in [-0.05, 0) is 55.9 Å². The average molecular weight is 507 g/mol. The molecule has 1 aliphatic carbocycles. The van der Waals surface area contributed by atoms with Gasteiger partial charge >= 0.3 is 12.1 Å². The van der Waals surface area contributed by atoms with Gasteiger partial charge in [-0.15, -0.1) is 0 Å². The van der Waals surface area contributed by atoms with Crippen molar-refractivity contribution in [2.45, 2.75) is 64.1 Å². The Balaban J connectivity index is 0.000000384. The summed E-state index contributed by atoms with van der Waals surface area (Å²) in [5.41, 5.74) is 2.34. The van der Waals surface area contributed by atoms with E-state index in [-0.39, 0.29) is 11.5 Å². The summed E-state index contributed by atoms with van der Waals surface area (Å²) in [6, 6.07) is 8.61. The van der Waals surface area contributed by atoms with E-state index in [0.29, 0.717) is 11.8 Å². The van der Waals surface area contributed by atoms with Gasteiger partial charge in [-0.1, -0.05) is 26.7 Å². The molecule has 5 rings (SSSR count). The molecule has 1 amide bonds. The van der Waals surface area contributed by atoms with Crippen molar-refractivity contribution in [2.75, 3.05) is 24.5 Å². The zero-order chi connectivity index (χ0) is 26.1. The van der Waals surface area contributed by atoms with E-state index in [9.17, 15) is 18.0 Å². The maximum Gasteiger partial charge on any atom is 0.490 e. The number of carboxylic acids is 1. The Labute approximate surface area is 208 Å². The molecule has 4 heterocycles. The fourth-order valence-electron chi connectivity index (χ4n) is 5.66. The van der Waals surface area contributed by atoms with Gasteiger partial charge in [-0.2, -0.15) is 13.2 Å². The zero-order valence-corrected chi connectivity index (χ0v) is 20.7. The molecule has 1 saturated carbocycles. The number of fused-ring (bicyclic) bond motifs is 4. The molecule has 2 fully saturated rings.